The van der Waals surface area contributed by atoms with Crippen LogP contribution >= 0.6 is 11.3 Å². The number of hydrogen-bond acceptors (Lipinski definition) is 1. The van der Waals surface area contributed by atoms with E-state index in [1.807, 2.05) is 25.2 Å². The van der Waals surface area contributed by atoms with Gasteiger partial charge in [0.05, 0.1) is 0 Å². The maximum absolute atomic E-state index is 4.00. The molecule has 0 spiro atoms. The van der Waals surface area contributed by atoms with Gasteiger partial charge in [0, 0.05) is 9.75 Å². The van der Waals surface area contributed by atoms with Crippen LogP contribution in [0.4, 0.5) is 0 Å². The Morgan fingerprint density at radius 1 is 1.25 bits per heavy atom. The molecular formula is C15H24S. The second kappa shape index (κ2) is 8.42. The molecule has 1 aromatic rings. The third-order valence-electron chi connectivity index (χ3n) is 2.75. The van der Waals surface area contributed by atoms with Gasteiger partial charge in [0.25, 0.3) is 0 Å². The lowest BCUT2D eigenvalue weighted by molar-refractivity contribution is 0.639. The van der Waals surface area contributed by atoms with Gasteiger partial charge in [-0.25, -0.2) is 0 Å². The van der Waals surface area contributed by atoms with Crippen LogP contribution in [-0.4, -0.2) is 0 Å². The van der Waals surface area contributed by atoms with Crippen LogP contribution in [0, 0.1) is 19.8 Å². The lowest BCUT2D eigenvalue weighted by Gasteiger charge is -2.05. The maximum Gasteiger partial charge on any atom is 0.0108 e. The van der Waals surface area contributed by atoms with E-state index in [9.17, 15) is 0 Å². The summed E-state index contributed by atoms with van der Waals surface area (Å²) >= 11 is 2.01. The van der Waals surface area contributed by atoms with Crippen LogP contribution in [0.3, 0.4) is 0 Å². The predicted octanol–water partition coefficient (Wildman–Crippen LogP) is 5.16. The Labute approximate surface area is 105 Å². The van der Waals surface area contributed by atoms with Crippen molar-refractivity contribution in [3.8, 4) is 12.8 Å². The molecule has 0 aromatic carbocycles. The summed E-state index contributed by atoms with van der Waals surface area (Å²) in [4.78, 5) is 3.17. The van der Waals surface area contributed by atoms with E-state index in [1.54, 1.807) is 10.4 Å². The molecule has 0 aliphatic heterocycles. The molecule has 0 saturated carbocycles. The fraction of sp³-hybridized carbons (Fsp3) is 0.600. The monoisotopic (exact) mass is 236 g/mol. The Kier molecular flexibility index (Phi) is 8.03. The van der Waals surface area contributed by atoms with Crippen LogP contribution in [-0.2, 0) is 6.42 Å². The van der Waals surface area contributed by atoms with E-state index in [4.69, 9.17) is 0 Å². The molecule has 0 amide bonds. The second-order valence-electron chi connectivity index (χ2n) is 3.89. The van der Waals surface area contributed by atoms with E-state index in [1.165, 1.54) is 30.6 Å². The van der Waals surface area contributed by atoms with Gasteiger partial charge in [-0.3, -0.25) is 0 Å². The first-order valence-corrected chi connectivity index (χ1v) is 7.01. The molecular weight excluding hydrogens is 212 g/mol. The van der Waals surface area contributed by atoms with Gasteiger partial charge in [-0.15, -0.1) is 24.2 Å². The Hall–Kier alpha value is -0.740. The molecule has 1 aliphatic carbocycles. The smallest absolute Gasteiger partial charge is 0.0108 e. The zero-order chi connectivity index (χ0) is 12.6. The van der Waals surface area contributed by atoms with E-state index in [0.717, 1.165) is 5.92 Å². The highest BCUT2D eigenvalue weighted by atomic mass is 32.1. The fourth-order valence-electron chi connectivity index (χ4n) is 2.09. The molecule has 1 heterocycles. The van der Waals surface area contributed by atoms with Crippen molar-refractivity contribution in [2.75, 3.05) is 0 Å². The number of thiophene rings is 1. The third-order valence-corrected chi connectivity index (χ3v) is 4.07. The maximum atomic E-state index is 4.00. The average Bonchev–Trinajstić information content (AvgIpc) is 2.63. The van der Waals surface area contributed by atoms with Gasteiger partial charge < -0.3 is 0 Å². The quantitative estimate of drug-likeness (QED) is 0.431. The molecule has 90 valence electrons. The molecule has 2 rings (SSSR count). The molecule has 0 saturated heterocycles. The Morgan fingerprint density at radius 2 is 1.88 bits per heavy atom. The van der Waals surface area contributed by atoms with Gasteiger partial charge in [-0.1, -0.05) is 27.2 Å². The van der Waals surface area contributed by atoms with E-state index in [2.05, 4.69) is 32.8 Å². The molecule has 0 bridgehead atoms. The normalized spacial score (nSPS) is 18.0. The van der Waals surface area contributed by atoms with Crippen molar-refractivity contribution in [3.05, 3.63) is 21.4 Å². The van der Waals surface area contributed by atoms with Gasteiger partial charge in [0.15, 0.2) is 0 Å². The molecule has 0 radical (unpaired) electrons. The molecule has 0 N–H and O–H groups in total. The summed E-state index contributed by atoms with van der Waals surface area (Å²) in [5.41, 5.74) is 1.64. The van der Waals surface area contributed by atoms with Crippen LogP contribution in [0.25, 0.3) is 0 Å². The van der Waals surface area contributed by atoms with Crippen molar-refractivity contribution < 1.29 is 0 Å². The minimum atomic E-state index is 0.821. The van der Waals surface area contributed by atoms with Gasteiger partial charge in [-0.2, -0.15) is 0 Å². The van der Waals surface area contributed by atoms with Gasteiger partial charge in [0.1, 0.15) is 0 Å². The first-order valence-electron chi connectivity index (χ1n) is 6.20. The van der Waals surface area contributed by atoms with Crippen LogP contribution in [0.1, 0.15) is 61.3 Å². The predicted molar refractivity (Wildman–Crippen MR) is 76.3 cm³/mol. The number of aryl methyl sites for hydroxylation is 2. The molecule has 0 fully saturated rings. The van der Waals surface area contributed by atoms with Crippen molar-refractivity contribution in [1.29, 1.82) is 0 Å². The molecule has 0 nitrogen and oxygen atoms in total. The van der Waals surface area contributed by atoms with Gasteiger partial charge in [-0.05, 0) is 43.7 Å². The van der Waals surface area contributed by atoms with Crippen molar-refractivity contribution >= 4 is 11.3 Å². The number of hydrogen-bond donors (Lipinski definition) is 0. The largest absolute Gasteiger partial charge is 0.145 e. The lowest BCUT2D eigenvalue weighted by Crippen LogP contribution is -1.88. The van der Waals surface area contributed by atoms with Crippen molar-refractivity contribution in [2.45, 2.75) is 59.3 Å². The SMILES string of the molecule is C#C.CC.Cc1cc2c(s1)[C@@H](C)CCCC2. The van der Waals surface area contributed by atoms with Crippen molar-refractivity contribution in [2.24, 2.45) is 0 Å². The first kappa shape index (κ1) is 15.3. The topological polar surface area (TPSA) is 0 Å². The van der Waals surface area contributed by atoms with E-state index in [0.29, 0.717) is 0 Å². The zero-order valence-electron chi connectivity index (χ0n) is 11.0. The molecule has 1 atom stereocenters. The number of rotatable bonds is 0. The summed E-state index contributed by atoms with van der Waals surface area (Å²) in [6.45, 7) is 8.60. The van der Waals surface area contributed by atoms with Crippen molar-refractivity contribution in [3.63, 3.8) is 0 Å². The Morgan fingerprint density at radius 3 is 2.50 bits per heavy atom. The molecule has 1 aromatic heterocycles. The average molecular weight is 236 g/mol. The summed E-state index contributed by atoms with van der Waals surface area (Å²) in [7, 11) is 0. The highest BCUT2D eigenvalue weighted by Gasteiger charge is 2.16. The Bertz CT molecular complexity index is 306. The standard InChI is InChI=1S/C11H16S.C2H6.C2H2/c1-8-5-3-4-6-10-7-9(2)12-11(8)10;2*1-2/h7-8H,3-6H2,1-2H3;1-2H3;1-2H/t8-;;/m0../s1. The number of fused-ring (bicyclic) bond motifs is 1. The summed E-state index contributed by atoms with van der Waals surface area (Å²) < 4.78 is 0. The summed E-state index contributed by atoms with van der Waals surface area (Å²) in [5, 5.41) is 0. The molecule has 0 unspecified atom stereocenters. The summed E-state index contributed by atoms with van der Waals surface area (Å²) in [5.74, 6) is 0.821. The van der Waals surface area contributed by atoms with Crippen LogP contribution in [0.15, 0.2) is 6.07 Å². The van der Waals surface area contributed by atoms with Crippen molar-refractivity contribution in [1.82, 2.24) is 0 Å². The zero-order valence-corrected chi connectivity index (χ0v) is 11.9. The van der Waals surface area contributed by atoms with E-state index < -0.39 is 0 Å². The highest BCUT2D eigenvalue weighted by molar-refractivity contribution is 7.12. The summed E-state index contributed by atoms with van der Waals surface area (Å²) in [6.07, 6.45) is 13.5. The lowest BCUT2D eigenvalue weighted by atomic mass is 10.0. The van der Waals surface area contributed by atoms with E-state index in [-0.39, 0.29) is 0 Å². The molecule has 1 aliphatic rings. The second-order valence-corrected chi connectivity index (χ2v) is 5.18. The van der Waals surface area contributed by atoms with Crippen LogP contribution < -0.4 is 0 Å². The van der Waals surface area contributed by atoms with E-state index >= 15 is 0 Å². The summed E-state index contributed by atoms with van der Waals surface area (Å²) in [6, 6.07) is 2.39. The molecule has 16 heavy (non-hydrogen) atoms. The number of terminal acetylenes is 1. The Balaban J connectivity index is 0.000000509. The minimum absolute atomic E-state index is 0.821. The minimum Gasteiger partial charge on any atom is -0.145 e. The fourth-order valence-corrected chi connectivity index (χ4v) is 3.25. The third kappa shape index (κ3) is 4.02. The van der Waals surface area contributed by atoms with Gasteiger partial charge in [0.2, 0.25) is 0 Å². The van der Waals surface area contributed by atoms with Gasteiger partial charge >= 0.3 is 0 Å². The van der Waals surface area contributed by atoms with Crippen LogP contribution in [0.5, 0.6) is 0 Å². The van der Waals surface area contributed by atoms with Crippen LogP contribution in [0.2, 0.25) is 0 Å². The first-order chi connectivity index (χ1) is 7.77. The molecule has 1 heteroatoms. The highest BCUT2D eigenvalue weighted by Crippen LogP contribution is 2.35.